The summed E-state index contributed by atoms with van der Waals surface area (Å²) in [6.45, 7) is 4.15. The van der Waals surface area contributed by atoms with E-state index < -0.39 is 10.0 Å². The van der Waals surface area contributed by atoms with Crippen LogP contribution < -0.4 is 4.72 Å². The van der Waals surface area contributed by atoms with Crippen LogP contribution in [-0.4, -0.2) is 8.42 Å². The lowest BCUT2D eigenvalue weighted by Crippen LogP contribution is -2.13. The molecule has 0 saturated heterocycles. The molecule has 6 heteroatoms. The minimum absolute atomic E-state index is 0.244. The third-order valence-electron chi connectivity index (χ3n) is 4.47. The lowest BCUT2D eigenvalue weighted by atomic mass is 10.0. The summed E-state index contributed by atoms with van der Waals surface area (Å²) >= 11 is 1.55. The number of benzene rings is 3. The fourth-order valence-electron chi connectivity index (χ4n) is 2.75. The number of nitriles is 1. The highest BCUT2D eigenvalue weighted by Crippen LogP contribution is 2.31. The molecule has 0 unspecified atom stereocenters. The average molecular weight is 423 g/mol. The first-order chi connectivity index (χ1) is 13.9. The minimum atomic E-state index is -3.67. The predicted octanol–water partition coefficient (Wildman–Crippen LogP) is 5.77. The number of para-hydroxylation sites is 1. The summed E-state index contributed by atoms with van der Waals surface area (Å²) in [7, 11) is -3.67. The fraction of sp³-hybridized carbons (Fsp3) is 0.174. The molecule has 0 aliphatic carbocycles. The number of sulfonamides is 1. The van der Waals surface area contributed by atoms with E-state index >= 15 is 0 Å². The Bertz CT molecular complexity index is 1110. The molecule has 3 aromatic rings. The Hall–Kier alpha value is -2.75. The van der Waals surface area contributed by atoms with E-state index in [9.17, 15) is 8.42 Å². The van der Waals surface area contributed by atoms with E-state index in [0.717, 1.165) is 16.0 Å². The molecule has 3 aromatic carbocycles. The van der Waals surface area contributed by atoms with Crippen molar-refractivity contribution in [2.45, 2.75) is 35.3 Å². The van der Waals surface area contributed by atoms with Crippen molar-refractivity contribution in [3.8, 4) is 6.07 Å². The van der Waals surface area contributed by atoms with Crippen LogP contribution in [0.3, 0.4) is 0 Å². The van der Waals surface area contributed by atoms with Gasteiger partial charge in [0, 0.05) is 10.6 Å². The summed E-state index contributed by atoms with van der Waals surface area (Å²) in [5.41, 5.74) is 3.34. The molecular formula is C23H22N2O2S2. The van der Waals surface area contributed by atoms with Gasteiger partial charge in [0.05, 0.1) is 22.2 Å². The van der Waals surface area contributed by atoms with E-state index in [-0.39, 0.29) is 4.90 Å². The Kier molecular flexibility index (Phi) is 6.63. The van der Waals surface area contributed by atoms with Crippen molar-refractivity contribution in [3.63, 3.8) is 0 Å². The zero-order valence-electron chi connectivity index (χ0n) is 16.3. The maximum Gasteiger partial charge on any atom is 0.261 e. The number of thioether (sulfide) groups is 1. The molecule has 0 atom stereocenters. The van der Waals surface area contributed by atoms with Crippen molar-refractivity contribution in [2.24, 2.45) is 0 Å². The zero-order chi connectivity index (χ0) is 20.9. The van der Waals surface area contributed by atoms with E-state index in [1.807, 2.05) is 42.5 Å². The summed E-state index contributed by atoms with van der Waals surface area (Å²) in [5, 5.41) is 8.90. The topological polar surface area (TPSA) is 70.0 Å². The molecular weight excluding hydrogens is 400 g/mol. The number of anilines is 1. The molecule has 0 radical (unpaired) electrons. The Morgan fingerprint density at radius 2 is 1.62 bits per heavy atom. The first kappa shape index (κ1) is 21.0. The van der Waals surface area contributed by atoms with Gasteiger partial charge in [-0.1, -0.05) is 50.2 Å². The summed E-state index contributed by atoms with van der Waals surface area (Å²) in [6.07, 6.45) is 0. The maximum atomic E-state index is 12.8. The molecule has 0 amide bonds. The largest absolute Gasteiger partial charge is 0.278 e. The molecule has 1 N–H and O–H groups in total. The molecule has 0 spiro atoms. The standard InChI is InChI=1S/C23H22N2O2S2/c1-17(2)20-11-13-21(14-12-20)29(26,27)25-22-5-3-4-6-23(22)28-16-19-9-7-18(15-24)8-10-19/h3-14,17,25H,16H2,1-2H3. The lowest BCUT2D eigenvalue weighted by molar-refractivity contribution is 0.601. The normalized spacial score (nSPS) is 11.2. The van der Waals surface area contributed by atoms with Gasteiger partial charge in [-0.25, -0.2) is 8.42 Å². The summed E-state index contributed by atoms with van der Waals surface area (Å²) in [4.78, 5) is 1.09. The van der Waals surface area contributed by atoms with Gasteiger partial charge >= 0.3 is 0 Å². The number of nitrogens with zero attached hydrogens (tertiary/aromatic N) is 1. The molecule has 148 valence electrons. The molecule has 0 fully saturated rings. The first-order valence-electron chi connectivity index (χ1n) is 9.23. The highest BCUT2D eigenvalue weighted by atomic mass is 32.2. The second-order valence-corrected chi connectivity index (χ2v) is 9.62. The van der Waals surface area contributed by atoms with Crippen LogP contribution in [0.15, 0.2) is 82.6 Å². The zero-order valence-corrected chi connectivity index (χ0v) is 17.9. The van der Waals surface area contributed by atoms with Gasteiger partial charge in [0.1, 0.15) is 0 Å². The van der Waals surface area contributed by atoms with Crippen LogP contribution >= 0.6 is 11.8 Å². The van der Waals surface area contributed by atoms with Crippen molar-refractivity contribution >= 4 is 27.5 Å². The van der Waals surface area contributed by atoms with Gasteiger partial charge in [-0.05, 0) is 53.4 Å². The summed E-state index contributed by atoms with van der Waals surface area (Å²) < 4.78 is 28.4. The molecule has 0 aliphatic heterocycles. The molecule has 0 saturated carbocycles. The highest BCUT2D eigenvalue weighted by molar-refractivity contribution is 7.98. The molecule has 0 heterocycles. The Morgan fingerprint density at radius 3 is 2.24 bits per heavy atom. The van der Waals surface area contributed by atoms with E-state index in [4.69, 9.17) is 5.26 Å². The van der Waals surface area contributed by atoms with Gasteiger partial charge in [-0.2, -0.15) is 5.26 Å². The molecule has 0 bridgehead atoms. The van der Waals surface area contributed by atoms with Crippen molar-refractivity contribution < 1.29 is 8.42 Å². The van der Waals surface area contributed by atoms with Crippen LogP contribution in [0.2, 0.25) is 0 Å². The molecule has 0 aromatic heterocycles. The number of rotatable bonds is 7. The monoisotopic (exact) mass is 422 g/mol. The quantitative estimate of drug-likeness (QED) is 0.490. The number of hydrogen-bond acceptors (Lipinski definition) is 4. The summed E-state index contributed by atoms with van der Waals surface area (Å²) in [6, 6.07) is 23.8. The van der Waals surface area contributed by atoms with Crippen molar-refractivity contribution in [3.05, 3.63) is 89.5 Å². The Morgan fingerprint density at radius 1 is 0.966 bits per heavy atom. The van der Waals surface area contributed by atoms with Gasteiger partial charge in [0.15, 0.2) is 0 Å². The molecule has 29 heavy (non-hydrogen) atoms. The van der Waals surface area contributed by atoms with Crippen molar-refractivity contribution in [1.82, 2.24) is 0 Å². The van der Waals surface area contributed by atoms with Gasteiger partial charge in [-0.15, -0.1) is 11.8 Å². The lowest BCUT2D eigenvalue weighted by Gasteiger charge is -2.13. The van der Waals surface area contributed by atoms with Gasteiger partial charge in [-0.3, -0.25) is 4.72 Å². The van der Waals surface area contributed by atoms with Crippen LogP contribution in [0.4, 0.5) is 5.69 Å². The van der Waals surface area contributed by atoms with Crippen LogP contribution in [0.25, 0.3) is 0 Å². The highest BCUT2D eigenvalue weighted by Gasteiger charge is 2.16. The van der Waals surface area contributed by atoms with Gasteiger partial charge in [0.2, 0.25) is 0 Å². The number of nitrogens with one attached hydrogen (secondary N) is 1. The summed E-state index contributed by atoms with van der Waals surface area (Å²) in [5.74, 6) is 1.02. The second kappa shape index (κ2) is 9.17. The fourth-order valence-corrected chi connectivity index (χ4v) is 4.86. The predicted molar refractivity (Wildman–Crippen MR) is 118 cm³/mol. The average Bonchev–Trinajstić information content (AvgIpc) is 2.73. The van der Waals surface area contributed by atoms with E-state index in [1.165, 1.54) is 0 Å². The maximum absolute atomic E-state index is 12.8. The Labute approximate surface area is 176 Å². The van der Waals surface area contributed by atoms with Crippen LogP contribution in [0.1, 0.15) is 36.5 Å². The first-order valence-corrected chi connectivity index (χ1v) is 11.7. The molecule has 3 rings (SSSR count). The second-order valence-electron chi connectivity index (χ2n) is 6.92. The molecule has 0 aliphatic rings. The SMILES string of the molecule is CC(C)c1ccc(S(=O)(=O)Nc2ccccc2SCc2ccc(C#N)cc2)cc1. The third kappa shape index (κ3) is 5.41. The minimum Gasteiger partial charge on any atom is -0.278 e. The van der Waals surface area contributed by atoms with Gasteiger partial charge in [0.25, 0.3) is 10.0 Å². The van der Waals surface area contributed by atoms with Crippen LogP contribution in [-0.2, 0) is 15.8 Å². The smallest absolute Gasteiger partial charge is 0.261 e. The van der Waals surface area contributed by atoms with E-state index in [2.05, 4.69) is 24.6 Å². The van der Waals surface area contributed by atoms with Crippen LogP contribution in [0.5, 0.6) is 0 Å². The van der Waals surface area contributed by atoms with Gasteiger partial charge < -0.3 is 0 Å². The van der Waals surface area contributed by atoms with Crippen molar-refractivity contribution in [2.75, 3.05) is 4.72 Å². The van der Waals surface area contributed by atoms with E-state index in [1.54, 1.807) is 42.1 Å². The third-order valence-corrected chi connectivity index (χ3v) is 6.99. The van der Waals surface area contributed by atoms with Crippen molar-refractivity contribution in [1.29, 1.82) is 5.26 Å². The Balaban J connectivity index is 1.76. The molecule has 4 nitrogen and oxygen atoms in total. The van der Waals surface area contributed by atoms with Crippen LogP contribution in [0, 0.1) is 11.3 Å². The van der Waals surface area contributed by atoms with E-state index in [0.29, 0.717) is 22.9 Å². The number of hydrogen-bond donors (Lipinski definition) is 1.